The van der Waals surface area contributed by atoms with E-state index in [1.54, 1.807) is 6.07 Å². The summed E-state index contributed by atoms with van der Waals surface area (Å²) in [6.07, 6.45) is 0. The minimum atomic E-state index is -0.548. The zero-order valence-corrected chi connectivity index (χ0v) is 11.7. The Morgan fingerprint density at radius 3 is 2.74 bits per heavy atom. The van der Waals surface area contributed by atoms with E-state index in [0.717, 1.165) is 5.56 Å². The van der Waals surface area contributed by atoms with Crippen LogP contribution in [0.1, 0.15) is 20.8 Å². The Balaban J connectivity index is 2.35. The molecule has 1 aromatic carbocycles. The van der Waals surface area contributed by atoms with Gasteiger partial charge in [-0.05, 0) is 36.1 Å². The number of halogens is 1. The highest BCUT2D eigenvalue weighted by Crippen LogP contribution is 2.22. The van der Waals surface area contributed by atoms with Crippen molar-refractivity contribution < 1.29 is 9.18 Å². The summed E-state index contributed by atoms with van der Waals surface area (Å²) in [5.41, 5.74) is 6.69. The van der Waals surface area contributed by atoms with E-state index >= 15 is 0 Å². The van der Waals surface area contributed by atoms with E-state index in [4.69, 9.17) is 18.0 Å². The number of aryl methyl sites for hydroxylation is 1. The van der Waals surface area contributed by atoms with Gasteiger partial charge in [0.1, 0.15) is 10.8 Å². The first-order valence-corrected chi connectivity index (χ1v) is 6.73. The molecule has 2 aromatic rings. The average Bonchev–Trinajstić information content (AvgIpc) is 2.75. The molecule has 0 aliphatic rings. The molecule has 98 valence electrons. The van der Waals surface area contributed by atoms with Crippen molar-refractivity contribution in [3.63, 3.8) is 0 Å². The first-order chi connectivity index (χ1) is 9.00. The van der Waals surface area contributed by atoms with Crippen molar-refractivity contribution in [2.75, 3.05) is 5.32 Å². The van der Waals surface area contributed by atoms with Gasteiger partial charge in [-0.25, -0.2) is 4.39 Å². The van der Waals surface area contributed by atoms with E-state index in [9.17, 15) is 9.18 Å². The highest BCUT2D eigenvalue weighted by atomic mass is 32.1. The molecule has 0 aliphatic carbocycles. The van der Waals surface area contributed by atoms with Gasteiger partial charge in [-0.3, -0.25) is 4.79 Å². The lowest BCUT2D eigenvalue weighted by Gasteiger charge is -2.10. The third kappa shape index (κ3) is 2.80. The lowest BCUT2D eigenvalue weighted by atomic mass is 10.1. The lowest BCUT2D eigenvalue weighted by Crippen LogP contribution is -2.18. The van der Waals surface area contributed by atoms with E-state index in [2.05, 4.69) is 5.32 Å². The largest absolute Gasteiger partial charge is 0.389 e. The van der Waals surface area contributed by atoms with Crippen molar-refractivity contribution in [2.45, 2.75) is 6.92 Å². The highest BCUT2D eigenvalue weighted by molar-refractivity contribution is 7.80. The summed E-state index contributed by atoms with van der Waals surface area (Å²) in [6.45, 7) is 1.84. The number of carbonyl (C=O) groups excluding carboxylic acids is 1. The number of benzene rings is 1. The second-order valence-corrected chi connectivity index (χ2v) is 5.27. The zero-order valence-electron chi connectivity index (χ0n) is 10.1. The normalized spacial score (nSPS) is 10.2. The van der Waals surface area contributed by atoms with E-state index < -0.39 is 5.82 Å². The fraction of sp³-hybridized carbons (Fsp3) is 0.0769. The molecule has 0 saturated heterocycles. The van der Waals surface area contributed by atoms with Crippen LogP contribution >= 0.6 is 23.6 Å². The Morgan fingerprint density at radius 2 is 2.16 bits per heavy atom. The molecule has 0 spiro atoms. The van der Waals surface area contributed by atoms with Gasteiger partial charge < -0.3 is 11.1 Å². The molecule has 0 fully saturated rings. The topological polar surface area (TPSA) is 55.1 Å². The molecule has 1 aromatic heterocycles. The van der Waals surface area contributed by atoms with E-state index in [-0.39, 0.29) is 22.1 Å². The summed E-state index contributed by atoms with van der Waals surface area (Å²) in [7, 11) is 0. The van der Waals surface area contributed by atoms with Gasteiger partial charge in [-0.2, -0.15) is 0 Å². The number of nitrogens with two attached hydrogens (primary N) is 1. The molecule has 19 heavy (non-hydrogen) atoms. The van der Waals surface area contributed by atoms with Crippen molar-refractivity contribution in [1.29, 1.82) is 0 Å². The number of thiocarbonyl (C=S) groups is 1. The molecule has 0 saturated carbocycles. The average molecular weight is 294 g/mol. The fourth-order valence-electron chi connectivity index (χ4n) is 1.66. The van der Waals surface area contributed by atoms with Crippen LogP contribution in [0.25, 0.3) is 0 Å². The van der Waals surface area contributed by atoms with Gasteiger partial charge in [-0.1, -0.05) is 18.3 Å². The van der Waals surface area contributed by atoms with E-state index in [1.165, 1.54) is 23.5 Å². The number of hydrogen-bond acceptors (Lipinski definition) is 3. The molecule has 0 bridgehead atoms. The molecule has 1 heterocycles. The van der Waals surface area contributed by atoms with Crippen molar-refractivity contribution >= 4 is 40.1 Å². The monoisotopic (exact) mass is 294 g/mol. The van der Waals surface area contributed by atoms with Gasteiger partial charge in [0.15, 0.2) is 0 Å². The number of carbonyl (C=O) groups is 1. The van der Waals surface area contributed by atoms with Crippen LogP contribution in [-0.4, -0.2) is 10.9 Å². The molecule has 3 N–H and O–H groups in total. The van der Waals surface area contributed by atoms with Crippen molar-refractivity contribution in [2.24, 2.45) is 5.73 Å². The molecule has 0 radical (unpaired) electrons. The standard InChI is InChI=1S/C13H11FN2OS2/c1-7-5-6-19-11(7)13(17)16-9-4-2-3-8(14)10(9)12(15)18/h2-6H,1H3,(H2,15,18)(H,16,17). The van der Waals surface area contributed by atoms with Gasteiger partial charge in [0.25, 0.3) is 5.91 Å². The molecular weight excluding hydrogens is 283 g/mol. The Kier molecular flexibility index (Phi) is 3.92. The maximum atomic E-state index is 13.7. The van der Waals surface area contributed by atoms with Crippen LogP contribution in [0.2, 0.25) is 0 Å². The minimum Gasteiger partial charge on any atom is -0.389 e. The van der Waals surface area contributed by atoms with Crippen molar-refractivity contribution in [3.8, 4) is 0 Å². The Hall–Kier alpha value is -1.79. The third-order valence-electron chi connectivity index (χ3n) is 2.58. The van der Waals surface area contributed by atoms with Gasteiger partial charge in [0, 0.05) is 0 Å². The Labute approximate surface area is 119 Å². The summed E-state index contributed by atoms with van der Waals surface area (Å²) in [4.78, 5) is 12.6. The number of anilines is 1. The molecule has 6 heteroatoms. The number of thiophene rings is 1. The number of hydrogen-bond donors (Lipinski definition) is 2. The summed E-state index contributed by atoms with van der Waals surface area (Å²) in [5.74, 6) is -0.844. The second kappa shape index (κ2) is 5.46. The summed E-state index contributed by atoms with van der Waals surface area (Å²) in [5, 5.41) is 4.46. The molecule has 0 atom stereocenters. The first kappa shape index (κ1) is 13.6. The van der Waals surface area contributed by atoms with Crippen LogP contribution in [0.15, 0.2) is 29.6 Å². The van der Waals surface area contributed by atoms with Crippen LogP contribution in [0.4, 0.5) is 10.1 Å². The van der Waals surface area contributed by atoms with Crippen LogP contribution in [0.5, 0.6) is 0 Å². The molecule has 0 unspecified atom stereocenters. The molecule has 0 aliphatic heterocycles. The maximum Gasteiger partial charge on any atom is 0.266 e. The Bertz CT molecular complexity index is 652. The summed E-state index contributed by atoms with van der Waals surface area (Å²) < 4.78 is 13.7. The predicted molar refractivity (Wildman–Crippen MR) is 79.3 cm³/mol. The maximum absolute atomic E-state index is 13.7. The molecular formula is C13H11FN2OS2. The SMILES string of the molecule is Cc1ccsc1C(=O)Nc1cccc(F)c1C(N)=S. The number of nitrogens with one attached hydrogen (secondary N) is 1. The zero-order chi connectivity index (χ0) is 14.0. The van der Waals surface area contributed by atoms with Crippen LogP contribution in [-0.2, 0) is 0 Å². The highest BCUT2D eigenvalue weighted by Gasteiger charge is 2.16. The van der Waals surface area contributed by atoms with E-state index in [0.29, 0.717) is 4.88 Å². The summed E-state index contributed by atoms with van der Waals surface area (Å²) >= 11 is 6.13. The van der Waals surface area contributed by atoms with Crippen LogP contribution in [0.3, 0.4) is 0 Å². The smallest absolute Gasteiger partial charge is 0.266 e. The van der Waals surface area contributed by atoms with Crippen LogP contribution in [0, 0.1) is 12.7 Å². The lowest BCUT2D eigenvalue weighted by molar-refractivity contribution is 0.103. The number of amides is 1. The van der Waals surface area contributed by atoms with Crippen molar-refractivity contribution in [1.82, 2.24) is 0 Å². The van der Waals surface area contributed by atoms with Gasteiger partial charge in [0.2, 0.25) is 0 Å². The van der Waals surface area contributed by atoms with Gasteiger partial charge in [0.05, 0.1) is 16.1 Å². The predicted octanol–water partition coefficient (Wildman–Crippen LogP) is 3.08. The summed E-state index contributed by atoms with van der Waals surface area (Å²) in [6, 6.07) is 6.16. The first-order valence-electron chi connectivity index (χ1n) is 5.44. The minimum absolute atomic E-state index is 0.0556. The third-order valence-corrected chi connectivity index (χ3v) is 3.80. The quantitative estimate of drug-likeness (QED) is 0.855. The van der Waals surface area contributed by atoms with E-state index in [1.807, 2.05) is 18.4 Å². The molecule has 2 rings (SSSR count). The molecule has 3 nitrogen and oxygen atoms in total. The fourth-order valence-corrected chi connectivity index (χ4v) is 2.69. The van der Waals surface area contributed by atoms with Gasteiger partial charge in [-0.15, -0.1) is 11.3 Å². The molecule has 1 amide bonds. The van der Waals surface area contributed by atoms with Crippen LogP contribution < -0.4 is 11.1 Å². The Morgan fingerprint density at radius 1 is 1.42 bits per heavy atom. The van der Waals surface area contributed by atoms with Crippen molar-refractivity contribution in [3.05, 3.63) is 51.5 Å². The number of rotatable bonds is 3. The second-order valence-electron chi connectivity index (χ2n) is 3.91. The van der Waals surface area contributed by atoms with Gasteiger partial charge >= 0.3 is 0 Å².